The number of fused-ring (bicyclic) bond motifs is 1. The summed E-state index contributed by atoms with van der Waals surface area (Å²) in [5.41, 5.74) is -1.31. The third-order valence-electron chi connectivity index (χ3n) is 5.00. The van der Waals surface area contributed by atoms with Crippen LogP contribution in [0.2, 0.25) is 0 Å². The Balaban J connectivity index is 2.06. The lowest BCUT2D eigenvalue weighted by Gasteiger charge is -2.33. The zero-order chi connectivity index (χ0) is 20.4. The first-order valence-corrected chi connectivity index (χ1v) is 10.1. The van der Waals surface area contributed by atoms with Crippen molar-refractivity contribution in [1.29, 1.82) is 0 Å². The van der Waals surface area contributed by atoms with Gasteiger partial charge < -0.3 is 10.4 Å². The van der Waals surface area contributed by atoms with Gasteiger partial charge in [0.1, 0.15) is 5.69 Å². The van der Waals surface area contributed by atoms with E-state index in [9.17, 15) is 14.7 Å². The molecule has 6 nitrogen and oxygen atoms in total. The molecule has 0 aliphatic rings. The molecule has 0 aliphatic carbocycles. The number of aliphatic hydroxyl groups is 1. The number of rotatable bonds is 12. The molecule has 0 aliphatic heterocycles. The first kappa shape index (κ1) is 22.0. The summed E-state index contributed by atoms with van der Waals surface area (Å²) < 4.78 is 0. The quantitative estimate of drug-likeness (QED) is 0.296. The Kier molecular flexibility index (Phi) is 8.54. The summed E-state index contributed by atoms with van der Waals surface area (Å²) in [7, 11) is 0. The number of amides is 1. The smallest absolute Gasteiger partial charge is 0.272 e. The average molecular weight is 386 g/mol. The Morgan fingerprint density at radius 3 is 2.61 bits per heavy atom. The Morgan fingerprint density at radius 2 is 1.89 bits per heavy atom. The number of carbonyl (C=O) groups is 2. The zero-order valence-electron chi connectivity index (χ0n) is 16.8. The van der Waals surface area contributed by atoms with Gasteiger partial charge in [-0.1, -0.05) is 63.3 Å². The Labute approximate surface area is 166 Å². The van der Waals surface area contributed by atoms with E-state index in [2.05, 4.69) is 22.5 Å². The molecule has 0 bridgehead atoms. The second-order valence-electron chi connectivity index (χ2n) is 7.19. The van der Waals surface area contributed by atoms with Crippen molar-refractivity contribution in [3.8, 4) is 0 Å². The molecule has 28 heavy (non-hydrogen) atoms. The van der Waals surface area contributed by atoms with Gasteiger partial charge in [-0.05, 0) is 31.3 Å². The van der Waals surface area contributed by atoms with E-state index in [1.807, 2.05) is 30.3 Å². The number of pyridine rings is 1. The van der Waals surface area contributed by atoms with Crippen LogP contribution >= 0.6 is 0 Å². The van der Waals surface area contributed by atoms with E-state index in [0.29, 0.717) is 18.2 Å². The third kappa shape index (κ3) is 5.59. The Morgan fingerprint density at radius 1 is 1.18 bits per heavy atom. The van der Waals surface area contributed by atoms with Crippen LogP contribution in [0.5, 0.6) is 0 Å². The molecule has 1 amide bonds. The summed E-state index contributed by atoms with van der Waals surface area (Å²) >= 11 is 0. The number of benzene rings is 1. The van der Waals surface area contributed by atoms with Gasteiger partial charge >= 0.3 is 0 Å². The van der Waals surface area contributed by atoms with Crippen LogP contribution in [0, 0.1) is 0 Å². The van der Waals surface area contributed by atoms with Gasteiger partial charge in [0.15, 0.2) is 11.9 Å². The van der Waals surface area contributed by atoms with Crippen molar-refractivity contribution < 1.29 is 14.7 Å². The van der Waals surface area contributed by atoms with Crippen LogP contribution in [-0.2, 0) is 4.79 Å². The van der Waals surface area contributed by atoms with Gasteiger partial charge in [0.2, 0.25) is 0 Å². The first-order chi connectivity index (χ1) is 13.5. The molecule has 0 unspecified atom stereocenters. The van der Waals surface area contributed by atoms with E-state index in [0.717, 1.165) is 24.6 Å². The van der Waals surface area contributed by atoms with Crippen molar-refractivity contribution in [2.24, 2.45) is 0 Å². The van der Waals surface area contributed by atoms with Crippen molar-refractivity contribution in [2.75, 3.05) is 6.54 Å². The summed E-state index contributed by atoms with van der Waals surface area (Å²) in [6.45, 7) is 4.19. The summed E-state index contributed by atoms with van der Waals surface area (Å²) in [6.07, 6.45) is 7.72. The molecule has 0 saturated heterocycles. The van der Waals surface area contributed by atoms with E-state index >= 15 is 0 Å². The first-order valence-electron chi connectivity index (χ1n) is 10.1. The molecule has 6 heteroatoms. The summed E-state index contributed by atoms with van der Waals surface area (Å²) in [5, 5.41) is 17.5. The standard InChI is InChI=1S/C22H31N3O3/c1-3-4-5-6-7-10-14-24-22(16-26,17(2)27)25-21(28)20-19-12-9-8-11-18(19)13-15-23-20/h8-9,11-13,15-17,24,27H,3-7,10,14H2,1-2H3,(H,25,28)/t17-,22-/m1/s1. The predicted octanol–water partition coefficient (Wildman–Crippen LogP) is 3.19. The van der Waals surface area contributed by atoms with Gasteiger partial charge in [0.25, 0.3) is 5.91 Å². The molecule has 2 rings (SSSR count). The highest BCUT2D eigenvalue weighted by atomic mass is 16.3. The van der Waals surface area contributed by atoms with Gasteiger partial charge in [0.05, 0.1) is 6.10 Å². The van der Waals surface area contributed by atoms with Gasteiger partial charge in [0, 0.05) is 11.6 Å². The molecule has 152 valence electrons. The molecule has 2 aromatic rings. The van der Waals surface area contributed by atoms with Gasteiger partial charge in [-0.2, -0.15) is 0 Å². The number of hydrogen-bond donors (Lipinski definition) is 3. The topological polar surface area (TPSA) is 91.3 Å². The molecule has 1 heterocycles. The number of aromatic nitrogens is 1. The van der Waals surface area contributed by atoms with Crippen LogP contribution < -0.4 is 10.6 Å². The van der Waals surface area contributed by atoms with Gasteiger partial charge in [-0.3, -0.25) is 19.9 Å². The minimum atomic E-state index is -1.54. The Hall–Kier alpha value is -2.31. The minimum absolute atomic E-state index is 0.228. The molecular formula is C22H31N3O3. The lowest BCUT2D eigenvalue weighted by Crippen LogP contribution is -2.66. The highest BCUT2D eigenvalue weighted by molar-refractivity contribution is 6.06. The fourth-order valence-electron chi connectivity index (χ4n) is 3.21. The second kappa shape index (κ2) is 10.9. The lowest BCUT2D eigenvalue weighted by molar-refractivity contribution is -0.118. The van der Waals surface area contributed by atoms with Crippen molar-refractivity contribution in [3.63, 3.8) is 0 Å². The van der Waals surface area contributed by atoms with Crippen LogP contribution in [0.3, 0.4) is 0 Å². The maximum atomic E-state index is 12.9. The van der Waals surface area contributed by atoms with Crippen molar-refractivity contribution in [2.45, 2.75) is 64.1 Å². The molecule has 0 saturated carbocycles. The van der Waals surface area contributed by atoms with E-state index in [-0.39, 0.29) is 5.69 Å². The van der Waals surface area contributed by atoms with E-state index in [1.165, 1.54) is 26.2 Å². The van der Waals surface area contributed by atoms with E-state index in [1.54, 1.807) is 6.20 Å². The van der Waals surface area contributed by atoms with Crippen molar-refractivity contribution >= 4 is 23.0 Å². The molecule has 2 atom stereocenters. The van der Waals surface area contributed by atoms with Crippen LogP contribution in [-0.4, -0.2) is 40.6 Å². The number of aldehydes is 1. The van der Waals surface area contributed by atoms with Crippen LogP contribution in [0.25, 0.3) is 10.8 Å². The number of aliphatic hydroxyl groups excluding tert-OH is 1. The van der Waals surface area contributed by atoms with Crippen LogP contribution in [0.1, 0.15) is 62.9 Å². The average Bonchev–Trinajstić information content (AvgIpc) is 2.71. The Bertz CT molecular complexity index is 773. The van der Waals surface area contributed by atoms with Crippen molar-refractivity contribution in [1.82, 2.24) is 15.6 Å². The molecule has 0 fully saturated rings. The number of carbonyl (C=O) groups excluding carboxylic acids is 2. The summed E-state index contributed by atoms with van der Waals surface area (Å²) in [6, 6.07) is 9.25. The van der Waals surface area contributed by atoms with Crippen LogP contribution in [0.15, 0.2) is 36.5 Å². The maximum Gasteiger partial charge on any atom is 0.272 e. The maximum absolute atomic E-state index is 12.9. The number of nitrogens with zero attached hydrogens (tertiary/aromatic N) is 1. The molecule has 1 aromatic heterocycles. The highest BCUT2D eigenvalue weighted by Crippen LogP contribution is 2.17. The van der Waals surface area contributed by atoms with Crippen LogP contribution in [0.4, 0.5) is 0 Å². The van der Waals surface area contributed by atoms with E-state index in [4.69, 9.17) is 0 Å². The van der Waals surface area contributed by atoms with Gasteiger partial charge in [-0.25, -0.2) is 0 Å². The molecule has 0 spiro atoms. The number of unbranched alkanes of at least 4 members (excludes halogenated alkanes) is 5. The van der Waals surface area contributed by atoms with E-state index < -0.39 is 17.7 Å². The normalized spacial score (nSPS) is 14.4. The summed E-state index contributed by atoms with van der Waals surface area (Å²) in [5.74, 6) is -0.500. The molecule has 3 N–H and O–H groups in total. The zero-order valence-corrected chi connectivity index (χ0v) is 16.8. The monoisotopic (exact) mass is 385 g/mol. The molecule has 1 aromatic carbocycles. The second-order valence-corrected chi connectivity index (χ2v) is 7.19. The number of hydrogen-bond acceptors (Lipinski definition) is 5. The van der Waals surface area contributed by atoms with Crippen molar-refractivity contribution in [3.05, 3.63) is 42.2 Å². The fraction of sp³-hybridized carbons (Fsp3) is 0.500. The largest absolute Gasteiger partial charge is 0.389 e. The molecule has 0 radical (unpaired) electrons. The fourth-order valence-corrected chi connectivity index (χ4v) is 3.21. The highest BCUT2D eigenvalue weighted by Gasteiger charge is 2.37. The molecular weight excluding hydrogens is 354 g/mol. The number of nitrogens with one attached hydrogen (secondary N) is 2. The van der Waals surface area contributed by atoms with Gasteiger partial charge in [-0.15, -0.1) is 0 Å². The minimum Gasteiger partial charge on any atom is -0.389 e. The lowest BCUT2D eigenvalue weighted by atomic mass is 10.0. The summed E-state index contributed by atoms with van der Waals surface area (Å²) in [4.78, 5) is 28.9. The third-order valence-corrected chi connectivity index (χ3v) is 5.00. The SMILES string of the molecule is CCCCCCCCN[C@](C=O)(NC(=O)c1nccc2ccccc12)[C@@H](C)O. The predicted molar refractivity (Wildman–Crippen MR) is 111 cm³/mol.